The summed E-state index contributed by atoms with van der Waals surface area (Å²) in [5.41, 5.74) is 1.21. The monoisotopic (exact) mass is 344 g/mol. The van der Waals surface area contributed by atoms with Crippen LogP contribution in [0.1, 0.15) is 25.8 Å². The van der Waals surface area contributed by atoms with Crippen LogP contribution in [-0.4, -0.2) is 61.6 Å². The number of hydrogen-bond donors (Lipinski definition) is 0. The highest BCUT2D eigenvalue weighted by Gasteiger charge is 2.51. The summed E-state index contributed by atoms with van der Waals surface area (Å²) in [6.45, 7) is 7.18. The fraction of sp³-hybridized carbons (Fsp3) is 0.550. The van der Waals surface area contributed by atoms with Crippen molar-refractivity contribution in [1.29, 1.82) is 0 Å². The number of hydrogen-bond acceptors (Lipinski definition) is 4. The Hall–Kier alpha value is -2.01. The highest BCUT2D eigenvalue weighted by molar-refractivity contribution is 5.91. The van der Waals surface area contributed by atoms with E-state index in [0.717, 1.165) is 30.6 Å². The Bertz CT molecular complexity index is 682. The minimum Gasteiger partial charge on any atom is -0.493 e. The zero-order valence-electron chi connectivity index (χ0n) is 15.7. The molecule has 1 aromatic rings. The first-order valence-corrected chi connectivity index (χ1v) is 9.08. The fourth-order valence-corrected chi connectivity index (χ4v) is 3.79. The van der Waals surface area contributed by atoms with Crippen LogP contribution in [0.15, 0.2) is 29.8 Å². The van der Waals surface area contributed by atoms with Crippen LogP contribution in [0.25, 0.3) is 0 Å². The van der Waals surface area contributed by atoms with Crippen molar-refractivity contribution in [2.24, 2.45) is 0 Å². The van der Waals surface area contributed by atoms with E-state index in [1.165, 1.54) is 0 Å². The zero-order chi connectivity index (χ0) is 18.0. The van der Waals surface area contributed by atoms with Crippen molar-refractivity contribution in [2.75, 3.05) is 40.3 Å². The third-order valence-corrected chi connectivity index (χ3v) is 5.32. The smallest absolute Gasteiger partial charge is 0.271 e. The molecule has 1 aromatic carbocycles. The summed E-state index contributed by atoms with van der Waals surface area (Å²) in [5, 5.41) is 0. The van der Waals surface area contributed by atoms with Crippen LogP contribution in [-0.2, 0) is 11.2 Å². The van der Waals surface area contributed by atoms with E-state index in [1.54, 1.807) is 7.11 Å². The maximum atomic E-state index is 13.5. The fourth-order valence-electron chi connectivity index (χ4n) is 3.79. The molecule has 1 amide bonds. The van der Waals surface area contributed by atoms with Gasteiger partial charge in [-0.1, -0.05) is 18.2 Å². The van der Waals surface area contributed by atoms with E-state index in [0.29, 0.717) is 31.0 Å². The molecule has 0 fully saturated rings. The normalized spacial score (nSPS) is 22.8. The number of rotatable bonds is 5. The first-order valence-electron chi connectivity index (χ1n) is 9.08. The van der Waals surface area contributed by atoms with Gasteiger partial charge in [-0.3, -0.25) is 4.79 Å². The van der Waals surface area contributed by atoms with Gasteiger partial charge in [0.25, 0.3) is 5.91 Å². The molecule has 3 rings (SSSR count). The topological polar surface area (TPSA) is 42.0 Å². The molecule has 0 aromatic heterocycles. The van der Waals surface area contributed by atoms with Crippen molar-refractivity contribution in [3.63, 3.8) is 0 Å². The number of likely N-dealkylation sites (N-methyl/N-ethyl adjacent to an activating group) is 2. The number of carbonyl (C=O) groups excluding carboxylic acids is 1. The lowest BCUT2D eigenvalue weighted by molar-refractivity contribution is -0.143. The highest BCUT2D eigenvalue weighted by atomic mass is 16.5. The van der Waals surface area contributed by atoms with Gasteiger partial charge in [-0.05, 0) is 39.0 Å². The molecular weight excluding hydrogens is 316 g/mol. The van der Waals surface area contributed by atoms with Gasteiger partial charge in [0.05, 0.1) is 7.11 Å². The van der Waals surface area contributed by atoms with Gasteiger partial charge < -0.3 is 19.3 Å². The molecule has 0 radical (unpaired) electrons. The van der Waals surface area contributed by atoms with Gasteiger partial charge in [-0.2, -0.15) is 0 Å². The summed E-state index contributed by atoms with van der Waals surface area (Å²) in [4.78, 5) is 17.6. The molecule has 2 aliphatic heterocycles. The van der Waals surface area contributed by atoms with Crippen LogP contribution in [0.2, 0.25) is 0 Å². The molecule has 2 heterocycles. The predicted molar refractivity (Wildman–Crippen MR) is 98.2 cm³/mol. The van der Waals surface area contributed by atoms with E-state index >= 15 is 0 Å². The number of benzene rings is 1. The van der Waals surface area contributed by atoms with Gasteiger partial charge in [0.2, 0.25) is 5.60 Å². The van der Waals surface area contributed by atoms with Crippen LogP contribution in [0, 0.1) is 0 Å². The quantitative estimate of drug-likeness (QED) is 0.770. The molecule has 5 heteroatoms. The maximum absolute atomic E-state index is 13.5. The van der Waals surface area contributed by atoms with E-state index in [9.17, 15) is 4.79 Å². The Morgan fingerprint density at radius 1 is 1.36 bits per heavy atom. The molecule has 2 aliphatic rings. The number of methoxy groups -OCH3 is 1. The van der Waals surface area contributed by atoms with Crippen LogP contribution >= 0.6 is 0 Å². The van der Waals surface area contributed by atoms with Crippen LogP contribution in [0.3, 0.4) is 0 Å². The Labute approximate surface area is 150 Å². The minimum absolute atomic E-state index is 0.0616. The molecule has 25 heavy (non-hydrogen) atoms. The largest absolute Gasteiger partial charge is 0.493 e. The number of carbonyl (C=O) groups is 1. The lowest BCUT2D eigenvalue weighted by atomic mass is 9.84. The Morgan fingerprint density at radius 3 is 2.72 bits per heavy atom. The molecule has 136 valence electrons. The summed E-state index contributed by atoms with van der Waals surface area (Å²) in [7, 11) is 3.74. The second-order valence-electron chi connectivity index (χ2n) is 6.77. The van der Waals surface area contributed by atoms with Crippen molar-refractivity contribution < 1.29 is 14.3 Å². The molecule has 1 atom stereocenters. The molecule has 0 saturated carbocycles. The van der Waals surface area contributed by atoms with E-state index in [-0.39, 0.29) is 5.91 Å². The number of fused-ring (bicyclic) bond motifs is 1. The molecule has 0 aliphatic carbocycles. The summed E-state index contributed by atoms with van der Waals surface area (Å²) < 4.78 is 11.9. The van der Waals surface area contributed by atoms with E-state index < -0.39 is 5.60 Å². The van der Waals surface area contributed by atoms with Gasteiger partial charge >= 0.3 is 0 Å². The average Bonchev–Trinajstić information content (AvgIpc) is 3.04. The third kappa shape index (κ3) is 3.01. The lowest BCUT2D eigenvalue weighted by Gasteiger charge is -2.37. The van der Waals surface area contributed by atoms with Crippen LogP contribution < -0.4 is 9.47 Å². The molecule has 0 bridgehead atoms. The predicted octanol–water partition coefficient (Wildman–Crippen LogP) is 2.50. The van der Waals surface area contributed by atoms with E-state index in [2.05, 4.69) is 18.0 Å². The summed E-state index contributed by atoms with van der Waals surface area (Å²) in [5.74, 6) is 1.47. The van der Waals surface area contributed by atoms with Gasteiger partial charge in [0, 0.05) is 38.2 Å². The van der Waals surface area contributed by atoms with Gasteiger partial charge in [0.15, 0.2) is 11.5 Å². The van der Waals surface area contributed by atoms with Gasteiger partial charge in [-0.15, -0.1) is 0 Å². The number of para-hydroxylation sites is 1. The van der Waals surface area contributed by atoms with Gasteiger partial charge in [-0.25, -0.2) is 0 Å². The van der Waals surface area contributed by atoms with Crippen LogP contribution in [0.4, 0.5) is 0 Å². The van der Waals surface area contributed by atoms with Crippen LogP contribution in [0.5, 0.6) is 11.5 Å². The lowest BCUT2D eigenvalue weighted by Crippen LogP contribution is -2.54. The molecule has 1 unspecified atom stereocenters. The highest BCUT2D eigenvalue weighted by Crippen LogP contribution is 2.46. The minimum atomic E-state index is -0.926. The second kappa shape index (κ2) is 7.08. The first kappa shape index (κ1) is 17.8. The third-order valence-electron chi connectivity index (χ3n) is 5.32. The Morgan fingerprint density at radius 2 is 2.12 bits per heavy atom. The maximum Gasteiger partial charge on any atom is 0.271 e. The van der Waals surface area contributed by atoms with Crippen molar-refractivity contribution >= 4 is 5.91 Å². The summed E-state index contributed by atoms with van der Waals surface area (Å²) in [6.07, 6.45) is 3.59. The van der Waals surface area contributed by atoms with Gasteiger partial charge in [0.1, 0.15) is 0 Å². The number of nitrogens with zero attached hydrogens (tertiary/aromatic N) is 2. The SMILES string of the molecule is CCN(CC)C(=O)C1(C2=CCN(C)CC2)Cc2cccc(OC)c2O1. The van der Waals surface area contributed by atoms with Crippen molar-refractivity contribution in [1.82, 2.24) is 9.80 Å². The van der Waals surface area contributed by atoms with E-state index in [1.807, 2.05) is 36.9 Å². The van der Waals surface area contributed by atoms with Crippen molar-refractivity contribution in [2.45, 2.75) is 32.3 Å². The molecule has 0 N–H and O–H groups in total. The Balaban J connectivity index is 2.05. The standard InChI is InChI=1S/C20H28N2O3/c1-5-22(6-2)19(23)20(16-10-12-21(3)13-11-16)14-15-8-7-9-17(24-4)18(15)25-20/h7-10H,5-6,11-14H2,1-4H3. The molecule has 0 saturated heterocycles. The summed E-state index contributed by atoms with van der Waals surface area (Å²) >= 11 is 0. The second-order valence-corrected chi connectivity index (χ2v) is 6.77. The number of ether oxygens (including phenoxy) is 2. The Kier molecular flexibility index (Phi) is 5.04. The zero-order valence-corrected chi connectivity index (χ0v) is 15.7. The average molecular weight is 344 g/mol. The van der Waals surface area contributed by atoms with Crippen molar-refractivity contribution in [3.05, 3.63) is 35.4 Å². The van der Waals surface area contributed by atoms with E-state index in [4.69, 9.17) is 9.47 Å². The number of amides is 1. The first-order chi connectivity index (χ1) is 12.1. The van der Waals surface area contributed by atoms with Crippen molar-refractivity contribution in [3.8, 4) is 11.5 Å². The molecular formula is C20H28N2O3. The summed E-state index contributed by atoms with van der Waals surface area (Å²) in [6, 6.07) is 5.88. The molecule has 0 spiro atoms. The molecule has 5 nitrogen and oxygen atoms in total.